The topological polar surface area (TPSA) is 38.5 Å². The van der Waals surface area contributed by atoms with E-state index < -0.39 is 0 Å². The molecule has 0 unspecified atom stereocenters. The van der Waals surface area contributed by atoms with Gasteiger partial charge in [0, 0.05) is 20.3 Å². The molecule has 12 heavy (non-hydrogen) atoms. The average Bonchev–Trinajstić information content (AvgIpc) is 1.97. The van der Waals surface area contributed by atoms with Gasteiger partial charge in [-0.2, -0.15) is 0 Å². The van der Waals surface area contributed by atoms with Crippen LogP contribution in [0.4, 0.5) is 0 Å². The van der Waals surface area contributed by atoms with Gasteiger partial charge in [0.15, 0.2) is 0 Å². The fourth-order valence-electron chi connectivity index (χ4n) is 0.973. The summed E-state index contributed by atoms with van der Waals surface area (Å²) >= 11 is 4.78. The first-order chi connectivity index (χ1) is 5.66. The van der Waals surface area contributed by atoms with Gasteiger partial charge in [-0.25, -0.2) is 0 Å². The maximum Gasteiger partial charge on any atom is 0.0869 e. The number of nitrogens with two attached hydrogens (primary N) is 1. The summed E-state index contributed by atoms with van der Waals surface area (Å²) in [5.41, 5.74) is 5.39. The van der Waals surface area contributed by atoms with Crippen molar-refractivity contribution < 1.29 is 4.74 Å². The molecular weight excluding hydrogens is 172 g/mol. The summed E-state index contributed by atoms with van der Waals surface area (Å²) in [5, 5.41) is 0. The SMILES string of the molecule is COCCCCN(C)CC(N)=S. The fraction of sp³-hybridized carbons (Fsp3) is 0.875. The second-order valence-corrected chi connectivity index (χ2v) is 3.43. The molecule has 2 N–H and O–H groups in total. The standard InChI is InChI=1S/C8H18N2OS/c1-10(7-8(9)12)5-3-4-6-11-2/h3-7H2,1-2H3,(H2,9,12). The number of ether oxygens (including phenoxy) is 1. The molecule has 0 aromatic rings. The van der Waals surface area contributed by atoms with Crippen LogP contribution in [0, 0.1) is 0 Å². The van der Waals surface area contributed by atoms with E-state index in [1.165, 1.54) is 0 Å². The van der Waals surface area contributed by atoms with E-state index in [0.29, 0.717) is 11.5 Å². The Labute approximate surface area is 79.9 Å². The molecule has 0 aliphatic rings. The second kappa shape index (κ2) is 7.46. The lowest BCUT2D eigenvalue weighted by molar-refractivity contribution is 0.188. The first-order valence-electron chi connectivity index (χ1n) is 4.12. The lowest BCUT2D eigenvalue weighted by atomic mass is 10.3. The monoisotopic (exact) mass is 190 g/mol. The maximum atomic E-state index is 5.39. The number of unbranched alkanes of at least 4 members (excludes halogenated alkanes) is 1. The molecule has 0 bridgehead atoms. The number of methoxy groups -OCH3 is 1. The number of hydrogen-bond acceptors (Lipinski definition) is 3. The Kier molecular flexibility index (Phi) is 7.34. The molecule has 0 spiro atoms. The van der Waals surface area contributed by atoms with Crippen LogP contribution in [0.5, 0.6) is 0 Å². The average molecular weight is 190 g/mol. The zero-order chi connectivity index (χ0) is 9.40. The van der Waals surface area contributed by atoms with Crippen LogP contribution in [0.15, 0.2) is 0 Å². The molecule has 0 radical (unpaired) electrons. The summed E-state index contributed by atoms with van der Waals surface area (Å²) in [7, 11) is 3.74. The van der Waals surface area contributed by atoms with Crippen molar-refractivity contribution in [3.8, 4) is 0 Å². The van der Waals surface area contributed by atoms with Crippen LogP contribution in [0.2, 0.25) is 0 Å². The molecule has 0 rings (SSSR count). The predicted octanol–water partition coefficient (Wildman–Crippen LogP) is 0.631. The van der Waals surface area contributed by atoms with Gasteiger partial charge in [-0.15, -0.1) is 0 Å². The van der Waals surface area contributed by atoms with Crippen molar-refractivity contribution in [2.24, 2.45) is 5.73 Å². The van der Waals surface area contributed by atoms with Gasteiger partial charge in [0.2, 0.25) is 0 Å². The third kappa shape index (κ3) is 7.91. The highest BCUT2D eigenvalue weighted by Gasteiger charge is 1.98. The Balaban J connectivity index is 3.19. The third-order valence-corrected chi connectivity index (χ3v) is 1.69. The Morgan fingerprint density at radius 1 is 1.50 bits per heavy atom. The minimum atomic E-state index is 0.559. The highest BCUT2D eigenvalue weighted by atomic mass is 32.1. The van der Waals surface area contributed by atoms with Gasteiger partial charge < -0.3 is 10.5 Å². The van der Waals surface area contributed by atoms with Gasteiger partial charge in [-0.3, -0.25) is 4.90 Å². The van der Waals surface area contributed by atoms with Crippen LogP contribution in [0.25, 0.3) is 0 Å². The molecule has 4 heteroatoms. The molecule has 0 saturated carbocycles. The molecule has 0 aromatic heterocycles. The van der Waals surface area contributed by atoms with Gasteiger partial charge in [0.25, 0.3) is 0 Å². The predicted molar refractivity (Wildman–Crippen MR) is 55.4 cm³/mol. The lowest BCUT2D eigenvalue weighted by Gasteiger charge is -2.14. The van der Waals surface area contributed by atoms with Crippen molar-refractivity contribution in [2.75, 3.05) is 33.9 Å². The van der Waals surface area contributed by atoms with Crippen LogP contribution >= 0.6 is 12.2 Å². The van der Waals surface area contributed by atoms with Crippen molar-refractivity contribution in [2.45, 2.75) is 12.8 Å². The largest absolute Gasteiger partial charge is 0.392 e. The third-order valence-electron chi connectivity index (χ3n) is 1.56. The van der Waals surface area contributed by atoms with Gasteiger partial charge in [0.1, 0.15) is 0 Å². The Morgan fingerprint density at radius 2 is 2.17 bits per heavy atom. The molecule has 0 aliphatic carbocycles. The zero-order valence-corrected chi connectivity index (χ0v) is 8.69. The van der Waals surface area contributed by atoms with E-state index in [1.54, 1.807) is 7.11 Å². The van der Waals surface area contributed by atoms with Crippen LogP contribution in [0.3, 0.4) is 0 Å². The van der Waals surface area contributed by atoms with E-state index in [2.05, 4.69) is 4.90 Å². The van der Waals surface area contributed by atoms with Crippen molar-refractivity contribution in [3.05, 3.63) is 0 Å². The first kappa shape index (κ1) is 11.8. The summed E-state index contributed by atoms with van der Waals surface area (Å²) in [5.74, 6) is 0. The van der Waals surface area contributed by atoms with Gasteiger partial charge in [-0.05, 0) is 26.4 Å². The highest BCUT2D eigenvalue weighted by molar-refractivity contribution is 7.80. The summed E-state index contributed by atoms with van der Waals surface area (Å²) in [6.07, 6.45) is 2.23. The van der Waals surface area contributed by atoms with Crippen LogP contribution in [-0.2, 0) is 4.74 Å². The summed E-state index contributed by atoms with van der Waals surface area (Å²) < 4.78 is 4.94. The molecule has 0 fully saturated rings. The Morgan fingerprint density at radius 3 is 2.67 bits per heavy atom. The van der Waals surface area contributed by atoms with E-state index in [0.717, 1.165) is 26.0 Å². The minimum absolute atomic E-state index is 0.559. The van der Waals surface area contributed by atoms with E-state index in [4.69, 9.17) is 22.7 Å². The van der Waals surface area contributed by atoms with E-state index in [1.807, 2.05) is 7.05 Å². The number of hydrogen-bond donors (Lipinski definition) is 1. The summed E-state index contributed by atoms with van der Waals surface area (Å²) in [4.78, 5) is 2.68. The number of nitrogens with zero attached hydrogens (tertiary/aromatic N) is 1. The lowest BCUT2D eigenvalue weighted by Crippen LogP contribution is -2.30. The van der Waals surface area contributed by atoms with E-state index in [-0.39, 0.29) is 0 Å². The van der Waals surface area contributed by atoms with Crippen molar-refractivity contribution in [1.29, 1.82) is 0 Å². The summed E-state index contributed by atoms with van der Waals surface area (Å²) in [6.45, 7) is 2.57. The number of thiocarbonyl (C=S) groups is 1. The molecule has 0 atom stereocenters. The van der Waals surface area contributed by atoms with E-state index in [9.17, 15) is 0 Å². The van der Waals surface area contributed by atoms with Crippen molar-refractivity contribution in [3.63, 3.8) is 0 Å². The van der Waals surface area contributed by atoms with E-state index >= 15 is 0 Å². The van der Waals surface area contributed by atoms with Crippen molar-refractivity contribution in [1.82, 2.24) is 4.90 Å². The Hall–Kier alpha value is -0.190. The van der Waals surface area contributed by atoms with Gasteiger partial charge >= 0.3 is 0 Å². The van der Waals surface area contributed by atoms with Gasteiger partial charge in [0.05, 0.1) is 4.99 Å². The molecule has 0 heterocycles. The first-order valence-corrected chi connectivity index (χ1v) is 4.53. The number of likely N-dealkylation sites (N-methyl/N-ethyl adjacent to an activating group) is 1. The molecule has 3 nitrogen and oxygen atoms in total. The Bertz CT molecular complexity index is 130. The van der Waals surface area contributed by atoms with Crippen LogP contribution < -0.4 is 5.73 Å². The smallest absolute Gasteiger partial charge is 0.0869 e. The molecule has 0 aromatic carbocycles. The van der Waals surface area contributed by atoms with Crippen molar-refractivity contribution >= 4 is 17.2 Å². The normalized spacial score (nSPS) is 10.6. The highest BCUT2D eigenvalue weighted by Crippen LogP contribution is 1.92. The maximum absolute atomic E-state index is 5.39. The zero-order valence-electron chi connectivity index (χ0n) is 7.88. The molecular formula is C8H18N2OS. The molecule has 0 aliphatic heterocycles. The fourth-order valence-corrected chi connectivity index (χ4v) is 1.19. The van der Waals surface area contributed by atoms with Crippen LogP contribution in [0.1, 0.15) is 12.8 Å². The molecule has 0 amide bonds. The quantitative estimate of drug-likeness (QED) is 0.472. The van der Waals surface area contributed by atoms with Gasteiger partial charge in [-0.1, -0.05) is 12.2 Å². The molecule has 0 saturated heterocycles. The minimum Gasteiger partial charge on any atom is -0.392 e. The number of rotatable bonds is 7. The summed E-state index contributed by atoms with van der Waals surface area (Å²) in [6, 6.07) is 0. The second-order valence-electron chi connectivity index (χ2n) is 2.90. The van der Waals surface area contributed by atoms with Crippen LogP contribution in [-0.4, -0.2) is 43.7 Å². The molecule has 72 valence electrons.